The molecule has 0 atom stereocenters. The minimum absolute atomic E-state index is 0.0625. The molecule has 0 saturated carbocycles. The molecule has 0 radical (unpaired) electrons. The monoisotopic (exact) mass is 262 g/mol. The maximum atomic E-state index is 10.0. The van der Waals surface area contributed by atoms with Gasteiger partial charge in [-0.25, -0.2) is 0 Å². The normalized spacial score (nSPS) is 10.6. The topological polar surface area (TPSA) is 72.8 Å². The molecule has 0 aliphatic heterocycles. The predicted octanol–water partition coefficient (Wildman–Crippen LogP) is 1.36. The standard InChI is InChI=1S/C8H18O3.C5H8O2/c1-4-10-6-8(3,9)7-11-5-2;1-4(6)3-5(2)7/h9H,4-7H2,1-3H3;3H2,1-2H3. The molecule has 0 aromatic carbocycles. The highest BCUT2D eigenvalue weighted by Crippen LogP contribution is 2.03. The maximum Gasteiger partial charge on any atom is 0.137 e. The van der Waals surface area contributed by atoms with Gasteiger partial charge in [0.25, 0.3) is 0 Å². The van der Waals surface area contributed by atoms with E-state index in [1.165, 1.54) is 13.8 Å². The minimum atomic E-state index is -0.841. The van der Waals surface area contributed by atoms with Gasteiger partial charge in [0.05, 0.1) is 19.6 Å². The average Bonchev–Trinajstić information content (AvgIpc) is 2.23. The van der Waals surface area contributed by atoms with Gasteiger partial charge < -0.3 is 14.6 Å². The van der Waals surface area contributed by atoms with Crippen molar-refractivity contribution in [3.63, 3.8) is 0 Å². The Morgan fingerprint density at radius 2 is 1.33 bits per heavy atom. The zero-order chi connectivity index (χ0) is 14.6. The van der Waals surface area contributed by atoms with Crippen LogP contribution in [0.3, 0.4) is 0 Å². The quantitative estimate of drug-likeness (QED) is 0.669. The highest BCUT2D eigenvalue weighted by atomic mass is 16.5. The molecule has 0 heterocycles. The summed E-state index contributed by atoms with van der Waals surface area (Å²) in [6, 6.07) is 0. The summed E-state index contributed by atoms with van der Waals surface area (Å²) < 4.78 is 10.1. The van der Waals surface area contributed by atoms with E-state index in [0.717, 1.165) is 0 Å². The van der Waals surface area contributed by atoms with E-state index in [9.17, 15) is 14.7 Å². The summed E-state index contributed by atoms with van der Waals surface area (Å²) in [7, 11) is 0. The van der Waals surface area contributed by atoms with Crippen LogP contribution in [0.2, 0.25) is 0 Å². The number of carbonyl (C=O) groups excluding carboxylic acids is 2. The number of ketones is 2. The number of rotatable bonds is 8. The third kappa shape index (κ3) is 17.6. The molecule has 0 amide bonds. The fourth-order valence-electron chi connectivity index (χ4n) is 1.04. The van der Waals surface area contributed by atoms with E-state index in [-0.39, 0.29) is 18.0 Å². The Hall–Kier alpha value is -0.780. The van der Waals surface area contributed by atoms with Gasteiger partial charge >= 0.3 is 0 Å². The second-order valence-corrected chi connectivity index (χ2v) is 4.35. The van der Waals surface area contributed by atoms with Crippen molar-refractivity contribution in [3.8, 4) is 0 Å². The Kier molecular flexibility index (Phi) is 12.3. The maximum absolute atomic E-state index is 10.0. The first-order valence-corrected chi connectivity index (χ1v) is 6.11. The Bertz CT molecular complexity index is 214. The van der Waals surface area contributed by atoms with Crippen LogP contribution in [-0.4, -0.2) is 48.7 Å². The molecule has 18 heavy (non-hydrogen) atoms. The van der Waals surface area contributed by atoms with Crippen molar-refractivity contribution in [2.45, 2.75) is 46.6 Å². The zero-order valence-corrected chi connectivity index (χ0v) is 12.1. The van der Waals surface area contributed by atoms with Crippen LogP contribution in [0, 0.1) is 0 Å². The molecular formula is C13H26O5. The molecule has 0 saturated heterocycles. The van der Waals surface area contributed by atoms with Crippen LogP contribution >= 0.6 is 0 Å². The molecule has 0 aliphatic carbocycles. The second kappa shape index (κ2) is 11.3. The van der Waals surface area contributed by atoms with Crippen molar-refractivity contribution in [1.82, 2.24) is 0 Å². The summed E-state index contributed by atoms with van der Waals surface area (Å²) in [5.41, 5.74) is -0.841. The lowest BCUT2D eigenvalue weighted by molar-refractivity contribution is -0.124. The van der Waals surface area contributed by atoms with Gasteiger partial charge in [-0.2, -0.15) is 0 Å². The van der Waals surface area contributed by atoms with Gasteiger partial charge in [-0.1, -0.05) is 0 Å². The lowest BCUT2D eigenvalue weighted by atomic mass is 10.1. The van der Waals surface area contributed by atoms with Crippen LogP contribution in [0.15, 0.2) is 0 Å². The van der Waals surface area contributed by atoms with Gasteiger partial charge in [0, 0.05) is 13.2 Å². The van der Waals surface area contributed by atoms with Gasteiger partial charge in [-0.3, -0.25) is 9.59 Å². The molecule has 0 aliphatic rings. The van der Waals surface area contributed by atoms with Crippen molar-refractivity contribution in [3.05, 3.63) is 0 Å². The summed E-state index contributed by atoms with van der Waals surface area (Å²) >= 11 is 0. The highest BCUT2D eigenvalue weighted by Gasteiger charge is 2.19. The van der Waals surface area contributed by atoms with Crippen molar-refractivity contribution >= 4 is 11.6 Å². The molecule has 0 fully saturated rings. The number of Topliss-reactive ketones (excluding diaryl/α,β-unsaturated/α-hetero) is 2. The molecule has 108 valence electrons. The first kappa shape index (κ1) is 19.6. The van der Waals surface area contributed by atoms with E-state index in [1.807, 2.05) is 13.8 Å². The van der Waals surface area contributed by atoms with E-state index in [2.05, 4.69) is 0 Å². The van der Waals surface area contributed by atoms with Crippen LogP contribution in [0.1, 0.15) is 41.0 Å². The summed E-state index contributed by atoms with van der Waals surface area (Å²) in [4.78, 5) is 20.1. The predicted molar refractivity (Wildman–Crippen MR) is 69.6 cm³/mol. The summed E-state index contributed by atoms with van der Waals surface area (Å²) in [5.74, 6) is -0.125. The molecular weight excluding hydrogens is 236 g/mol. The highest BCUT2D eigenvalue weighted by molar-refractivity contribution is 5.96. The molecule has 0 unspecified atom stereocenters. The van der Waals surface area contributed by atoms with Crippen molar-refractivity contribution in [1.29, 1.82) is 0 Å². The van der Waals surface area contributed by atoms with Crippen LogP contribution < -0.4 is 0 Å². The van der Waals surface area contributed by atoms with E-state index in [0.29, 0.717) is 26.4 Å². The lowest BCUT2D eigenvalue weighted by Gasteiger charge is -2.22. The molecule has 5 heteroatoms. The van der Waals surface area contributed by atoms with E-state index in [4.69, 9.17) is 9.47 Å². The number of hydrogen-bond donors (Lipinski definition) is 1. The summed E-state index contributed by atoms with van der Waals surface area (Å²) in [6.07, 6.45) is 0.0833. The zero-order valence-electron chi connectivity index (χ0n) is 12.1. The second-order valence-electron chi connectivity index (χ2n) is 4.35. The molecule has 0 aromatic heterocycles. The number of aliphatic hydroxyl groups is 1. The third-order valence-electron chi connectivity index (χ3n) is 1.73. The van der Waals surface area contributed by atoms with Crippen molar-refractivity contribution in [2.75, 3.05) is 26.4 Å². The third-order valence-corrected chi connectivity index (χ3v) is 1.73. The van der Waals surface area contributed by atoms with Crippen LogP contribution in [-0.2, 0) is 19.1 Å². The average molecular weight is 262 g/mol. The lowest BCUT2D eigenvalue weighted by Crippen LogP contribution is -2.36. The fourth-order valence-corrected chi connectivity index (χ4v) is 1.04. The van der Waals surface area contributed by atoms with Crippen LogP contribution in [0.5, 0.6) is 0 Å². The van der Waals surface area contributed by atoms with Crippen molar-refractivity contribution in [2.24, 2.45) is 0 Å². The van der Waals surface area contributed by atoms with E-state index in [1.54, 1.807) is 6.92 Å². The molecule has 0 bridgehead atoms. The van der Waals surface area contributed by atoms with Gasteiger partial charge in [0.2, 0.25) is 0 Å². The Morgan fingerprint density at radius 1 is 1.00 bits per heavy atom. The molecule has 5 nitrogen and oxygen atoms in total. The minimum Gasteiger partial charge on any atom is -0.385 e. The first-order valence-electron chi connectivity index (χ1n) is 6.11. The van der Waals surface area contributed by atoms with E-state index >= 15 is 0 Å². The molecule has 0 spiro atoms. The van der Waals surface area contributed by atoms with E-state index < -0.39 is 5.60 Å². The smallest absolute Gasteiger partial charge is 0.137 e. The van der Waals surface area contributed by atoms with Gasteiger partial charge in [-0.15, -0.1) is 0 Å². The number of hydrogen-bond acceptors (Lipinski definition) is 5. The fraction of sp³-hybridized carbons (Fsp3) is 0.846. The van der Waals surface area contributed by atoms with Gasteiger partial charge in [0.1, 0.15) is 17.2 Å². The molecule has 1 N–H and O–H groups in total. The van der Waals surface area contributed by atoms with Gasteiger partial charge in [-0.05, 0) is 34.6 Å². The van der Waals surface area contributed by atoms with Crippen LogP contribution in [0.4, 0.5) is 0 Å². The first-order chi connectivity index (χ1) is 8.25. The summed E-state index contributed by atoms with van der Waals surface area (Å²) in [5, 5.41) is 9.53. The molecule has 0 aromatic rings. The van der Waals surface area contributed by atoms with Gasteiger partial charge in [0.15, 0.2) is 0 Å². The SMILES string of the molecule is CC(=O)CC(C)=O.CCOCC(C)(O)COCC. The Morgan fingerprint density at radius 3 is 1.50 bits per heavy atom. The van der Waals surface area contributed by atoms with Crippen molar-refractivity contribution < 1.29 is 24.2 Å². The largest absolute Gasteiger partial charge is 0.385 e. The molecule has 0 rings (SSSR count). The summed E-state index contributed by atoms with van der Waals surface area (Å²) in [6.45, 7) is 10.2. The number of ether oxygens (including phenoxy) is 2. The van der Waals surface area contributed by atoms with Crippen LogP contribution in [0.25, 0.3) is 0 Å². The Balaban J connectivity index is 0. The Labute approximate surface area is 109 Å². The number of carbonyl (C=O) groups is 2.